The Hall–Kier alpha value is -3.15. The lowest BCUT2D eigenvalue weighted by molar-refractivity contribution is -0.138. The van der Waals surface area contributed by atoms with Gasteiger partial charge in [0, 0.05) is 0 Å². The average Bonchev–Trinajstić information content (AvgIpc) is 2.73. The van der Waals surface area contributed by atoms with E-state index in [1.807, 2.05) is 54.6 Å². The van der Waals surface area contributed by atoms with Crippen LogP contribution < -0.4 is 9.47 Å². The van der Waals surface area contributed by atoms with E-state index in [4.69, 9.17) is 19.7 Å². The highest BCUT2D eigenvalue weighted by molar-refractivity contribution is 6.33. The number of benzene rings is 2. The second kappa shape index (κ2) is 10.8. The lowest BCUT2D eigenvalue weighted by Gasteiger charge is -2.17. The molecule has 0 saturated heterocycles. The third-order valence-corrected chi connectivity index (χ3v) is 3.79. The molecule has 0 aliphatic carbocycles. The predicted octanol–water partition coefficient (Wildman–Crippen LogP) is 2.89. The summed E-state index contributed by atoms with van der Waals surface area (Å²) < 4.78 is 21.4. The topological polar surface area (TPSA) is 90.4 Å². The minimum Gasteiger partial charge on any atom is -0.497 e. The van der Waals surface area contributed by atoms with Crippen molar-refractivity contribution >= 4 is 11.7 Å². The van der Waals surface area contributed by atoms with Crippen molar-refractivity contribution in [3.05, 3.63) is 65.7 Å². The molecule has 0 bridgehead atoms. The van der Waals surface area contributed by atoms with E-state index in [0.717, 1.165) is 11.3 Å². The highest BCUT2D eigenvalue weighted by Crippen LogP contribution is 2.15. The van der Waals surface area contributed by atoms with Crippen LogP contribution in [-0.4, -0.2) is 43.4 Å². The molecule has 0 fully saturated rings. The molecule has 0 aromatic heterocycles. The number of rotatable bonds is 10. The third-order valence-electron chi connectivity index (χ3n) is 3.79. The molecule has 0 aliphatic heterocycles. The van der Waals surface area contributed by atoms with E-state index < -0.39 is 12.1 Å². The van der Waals surface area contributed by atoms with Crippen LogP contribution in [0.3, 0.4) is 0 Å². The van der Waals surface area contributed by atoms with Crippen LogP contribution in [0.25, 0.3) is 5.53 Å². The monoisotopic (exact) mass is 370 g/mol. The number of carbonyl (C=O) groups is 1. The van der Waals surface area contributed by atoms with Gasteiger partial charge < -0.3 is 24.5 Å². The van der Waals surface area contributed by atoms with Crippen LogP contribution in [-0.2, 0) is 20.9 Å². The Kier molecular flexibility index (Phi) is 8.03. The van der Waals surface area contributed by atoms with E-state index in [9.17, 15) is 4.79 Å². The van der Waals surface area contributed by atoms with Crippen molar-refractivity contribution < 1.29 is 28.5 Å². The maximum absolute atomic E-state index is 11.7. The van der Waals surface area contributed by atoms with Crippen LogP contribution in [0.5, 0.6) is 11.5 Å². The molecule has 7 heteroatoms. The van der Waals surface area contributed by atoms with Gasteiger partial charge in [-0.2, -0.15) is 4.79 Å². The summed E-state index contributed by atoms with van der Waals surface area (Å²) in [6.45, 7) is 0.475. The van der Waals surface area contributed by atoms with E-state index in [1.54, 1.807) is 7.11 Å². The van der Waals surface area contributed by atoms with Gasteiger partial charge in [0.05, 0.1) is 27.2 Å². The number of hydrogen-bond donors (Lipinski definition) is 0. The Bertz CT molecular complexity index is 771. The number of hydrogen-bond acceptors (Lipinski definition) is 5. The predicted molar refractivity (Wildman–Crippen MR) is 98.8 cm³/mol. The maximum Gasteiger partial charge on any atom is 0.416 e. The molecular weight excluding hydrogens is 348 g/mol. The minimum atomic E-state index is -0.713. The highest BCUT2D eigenvalue weighted by atomic mass is 16.5. The fourth-order valence-corrected chi connectivity index (χ4v) is 2.31. The fourth-order valence-electron chi connectivity index (χ4n) is 2.31. The van der Waals surface area contributed by atoms with Crippen LogP contribution in [0.1, 0.15) is 12.0 Å². The summed E-state index contributed by atoms with van der Waals surface area (Å²) in [5.74, 6) is 0.717. The van der Waals surface area contributed by atoms with Gasteiger partial charge in [0.2, 0.25) is 0 Å². The molecule has 2 aromatic carbocycles. The fraction of sp³-hybridized carbons (Fsp3) is 0.300. The summed E-state index contributed by atoms with van der Waals surface area (Å²) >= 11 is 0. The second-order valence-corrected chi connectivity index (χ2v) is 5.65. The number of carbonyl (C=O) groups excluding carboxylic acids is 1. The molecule has 0 amide bonds. The summed E-state index contributed by atoms with van der Waals surface area (Å²) in [5, 5.41) is 0. The van der Waals surface area contributed by atoms with Gasteiger partial charge in [-0.05, 0) is 29.8 Å². The molecular formula is C20H22N2O5. The van der Waals surface area contributed by atoms with Crippen LogP contribution in [0, 0.1) is 0 Å². The summed E-state index contributed by atoms with van der Waals surface area (Å²) in [6.07, 6.45) is -0.469. The lowest BCUT2D eigenvalue weighted by Crippen LogP contribution is -2.29. The van der Waals surface area contributed by atoms with Crippen molar-refractivity contribution in [1.29, 1.82) is 0 Å². The van der Waals surface area contributed by atoms with Crippen LogP contribution in [0.15, 0.2) is 54.6 Å². The molecule has 0 heterocycles. The van der Waals surface area contributed by atoms with Crippen molar-refractivity contribution in [1.82, 2.24) is 0 Å². The van der Waals surface area contributed by atoms with Crippen LogP contribution >= 0.6 is 0 Å². The summed E-state index contributed by atoms with van der Waals surface area (Å²) in [5.41, 5.74) is 9.88. The number of nitrogens with zero attached hydrogens (tertiary/aromatic N) is 2. The Balaban J connectivity index is 2.02. The molecule has 0 radical (unpaired) electrons. The Morgan fingerprint density at radius 1 is 1.04 bits per heavy atom. The molecule has 0 spiro atoms. The summed E-state index contributed by atoms with van der Waals surface area (Å²) in [6, 6.07) is 16.7. The van der Waals surface area contributed by atoms with Gasteiger partial charge in [0.15, 0.2) is 0 Å². The first-order valence-electron chi connectivity index (χ1n) is 8.38. The molecule has 2 aromatic rings. The smallest absolute Gasteiger partial charge is 0.416 e. The zero-order valence-corrected chi connectivity index (χ0v) is 15.3. The van der Waals surface area contributed by atoms with Gasteiger partial charge in [-0.25, -0.2) is 4.79 Å². The van der Waals surface area contributed by atoms with Crippen LogP contribution in [0.4, 0.5) is 0 Å². The second-order valence-electron chi connectivity index (χ2n) is 5.65. The summed E-state index contributed by atoms with van der Waals surface area (Å²) in [7, 11) is 2.83. The van der Waals surface area contributed by atoms with Crippen molar-refractivity contribution in [3.63, 3.8) is 0 Å². The van der Waals surface area contributed by atoms with E-state index in [2.05, 4.69) is 9.53 Å². The number of para-hydroxylation sites is 1. The first-order chi connectivity index (χ1) is 13.2. The van der Waals surface area contributed by atoms with Gasteiger partial charge in [0.1, 0.15) is 24.2 Å². The zero-order valence-electron chi connectivity index (χ0n) is 15.3. The molecule has 2 rings (SSSR count). The standard InChI is InChI=1S/C20H22N2O5/c1-24-16-10-8-15(9-11-16)13-26-18(12-19(22-21)20(23)25-2)14-27-17-6-4-3-5-7-17/h3-11,18H,12-14H2,1-2H3. The van der Waals surface area contributed by atoms with E-state index in [1.165, 1.54) is 7.11 Å². The zero-order chi connectivity index (χ0) is 19.5. The number of esters is 1. The first-order valence-corrected chi connectivity index (χ1v) is 8.38. The SMILES string of the molecule is COC(=O)C(CC(COc1ccccc1)OCc1ccc(OC)cc1)=[N+]=[N-]. The molecule has 27 heavy (non-hydrogen) atoms. The first kappa shape index (κ1) is 20.2. The highest BCUT2D eigenvalue weighted by Gasteiger charge is 2.27. The van der Waals surface area contributed by atoms with E-state index >= 15 is 0 Å². The third kappa shape index (κ3) is 6.58. The van der Waals surface area contributed by atoms with Crippen molar-refractivity contribution in [3.8, 4) is 11.5 Å². The minimum absolute atomic E-state index is 0.0478. The quantitative estimate of drug-likeness (QED) is 0.278. The van der Waals surface area contributed by atoms with Gasteiger partial charge >= 0.3 is 11.7 Å². The molecule has 7 nitrogen and oxygen atoms in total. The van der Waals surface area contributed by atoms with E-state index in [0.29, 0.717) is 12.4 Å². The van der Waals surface area contributed by atoms with Gasteiger partial charge in [-0.1, -0.05) is 30.3 Å². The Labute approximate surface area is 158 Å². The van der Waals surface area contributed by atoms with Gasteiger partial charge in [-0.15, -0.1) is 0 Å². The molecule has 0 N–H and O–H groups in total. The molecule has 1 unspecified atom stereocenters. The average molecular weight is 370 g/mol. The van der Waals surface area contributed by atoms with Crippen molar-refractivity contribution in [2.45, 2.75) is 19.1 Å². The van der Waals surface area contributed by atoms with Crippen LogP contribution in [0.2, 0.25) is 0 Å². The van der Waals surface area contributed by atoms with Gasteiger partial charge in [0.25, 0.3) is 0 Å². The maximum atomic E-state index is 11.7. The Morgan fingerprint density at radius 3 is 2.33 bits per heavy atom. The van der Waals surface area contributed by atoms with Crippen molar-refractivity contribution in [2.24, 2.45) is 0 Å². The molecule has 0 aliphatic rings. The molecule has 0 saturated carbocycles. The van der Waals surface area contributed by atoms with Crippen molar-refractivity contribution in [2.75, 3.05) is 20.8 Å². The normalized spacial score (nSPS) is 11.2. The number of ether oxygens (including phenoxy) is 4. The summed E-state index contributed by atoms with van der Waals surface area (Å²) in [4.78, 5) is 14.7. The largest absolute Gasteiger partial charge is 0.497 e. The number of methoxy groups -OCH3 is 2. The van der Waals surface area contributed by atoms with E-state index in [-0.39, 0.29) is 18.7 Å². The Morgan fingerprint density at radius 2 is 1.74 bits per heavy atom. The molecule has 142 valence electrons. The molecule has 1 atom stereocenters. The van der Waals surface area contributed by atoms with Gasteiger partial charge in [-0.3, -0.25) is 0 Å². The lowest BCUT2D eigenvalue weighted by atomic mass is 10.1.